The molecule has 3 aliphatic rings. The van der Waals surface area contributed by atoms with Gasteiger partial charge in [0.1, 0.15) is 0 Å². The van der Waals surface area contributed by atoms with Crippen molar-refractivity contribution in [3.8, 4) is 0 Å². The molecule has 27 heavy (non-hydrogen) atoms. The van der Waals surface area contributed by atoms with Crippen LogP contribution in [0.4, 0.5) is 0 Å². The number of thioether (sulfide) groups is 1. The Kier molecular flexibility index (Phi) is 4.86. The number of hydrogen-bond acceptors (Lipinski definition) is 5. The topological polar surface area (TPSA) is 72.1 Å². The molecule has 0 atom stereocenters. The molecular weight excluding hydrogens is 358 g/mol. The van der Waals surface area contributed by atoms with Gasteiger partial charge in [0.05, 0.1) is 5.57 Å². The van der Waals surface area contributed by atoms with E-state index in [1.165, 1.54) is 28.8 Å². The molecule has 0 aromatic heterocycles. The molecule has 6 nitrogen and oxygen atoms in total. The Hall–Kier alpha value is -2.41. The molecule has 0 aliphatic carbocycles. The fraction of sp³-hybridized carbons (Fsp3) is 0.400. The van der Waals surface area contributed by atoms with Crippen molar-refractivity contribution in [3.63, 3.8) is 0 Å². The SMILES string of the molecule is CC(C)c1ccc(/C=C2\C(=N)N3N=C(N4CCCCC4)SC3=NC2=O)cc1. The third-order valence-corrected chi connectivity index (χ3v) is 5.95. The highest BCUT2D eigenvalue weighted by atomic mass is 32.2. The third-order valence-electron chi connectivity index (χ3n) is 4.98. The molecule has 3 heterocycles. The first-order valence-corrected chi connectivity index (χ1v) is 10.2. The highest BCUT2D eigenvalue weighted by Crippen LogP contribution is 2.30. The summed E-state index contributed by atoms with van der Waals surface area (Å²) < 4.78 is 0. The van der Waals surface area contributed by atoms with Crippen LogP contribution < -0.4 is 0 Å². The summed E-state index contributed by atoms with van der Waals surface area (Å²) >= 11 is 1.39. The zero-order valence-corrected chi connectivity index (χ0v) is 16.4. The first-order valence-electron chi connectivity index (χ1n) is 9.38. The van der Waals surface area contributed by atoms with Crippen LogP contribution in [-0.2, 0) is 4.79 Å². The minimum atomic E-state index is -0.373. The number of fused-ring (bicyclic) bond motifs is 1. The molecule has 1 N–H and O–H groups in total. The van der Waals surface area contributed by atoms with Crippen LogP contribution in [0.3, 0.4) is 0 Å². The lowest BCUT2D eigenvalue weighted by atomic mass is 10.0. The number of hydrogen-bond donors (Lipinski definition) is 1. The molecular formula is C20H23N5OS. The number of nitrogens with zero attached hydrogens (tertiary/aromatic N) is 4. The van der Waals surface area contributed by atoms with Gasteiger partial charge < -0.3 is 4.90 Å². The Bertz CT molecular complexity index is 863. The summed E-state index contributed by atoms with van der Waals surface area (Å²) in [6.45, 7) is 6.23. The average molecular weight is 382 g/mol. The number of nitrogens with one attached hydrogen (secondary N) is 1. The summed E-state index contributed by atoms with van der Waals surface area (Å²) in [6, 6.07) is 8.06. The molecule has 1 saturated heterocycles. The van der Waals surface area contributed by atoms with E-state index in [0.717, 1.165) is 36.7 Å². The van der Waals surface area contributed by atoms with E-state index in [1.54, 1.807) is 6.08 Å². The fourth-order valence-electron chi connectivity index (χ4n) is 3.34. The van der Waals surface area contributed by atoms with Crippen molar-refractivity contribution < 1.29 is 4.79 Å². The van der Waals surface area contributed by atoms with E-state index in [2.05, 4.69) is 41.0 Å². The molecule has 1 aromatic rings. The Balaban J connectivity index is 1.59. The minimum absolute atomic E-state index is 0.0949. The number of amidine groups is 3. The van der Waals surface area contributed by atoms with E-state index < -0.39 is 0 Å². The number of amides is 1. The van der Waals surface area contributed by atoms with Crippen molar-refractivity contribution >= 4 is 39.9 Å². The second kappa shape index (κ2) is 7.31. The van der Waals surface area contributed by atoms with Crippen LogP contribution in [0.15, 0.2) is 39.9 Å². The van der Waals surface area contributed by atoms with Gasteiger partial charge in [0.25, 0.3) is 5.91 Å². The van der Waals surface area contributed by atoms with Gasteiger partial charge in [-0.05, 0) is 54.1 Å². The van der Waals surface area contributed by atoms with Crippen LogP contribution in [0, 0.1) is 5.41 Å². The quantitative estimate of drug-likeness (QED) is 0.789. The van der Waals surface area contributed by atoms with Gasteiger partial charge in [-0.1, -0.05) is 38.1 Å². The average Bonchev–Trinajstić information content (AvgIpc) is 3.10. The van der Waals surface area contributed by atoms with Gasteiger partial charge in [0.2, 0.25) is 5.17 Å². The summed E-state index contributed by atoms with van der Waals surface area (Å²) in [7, 11) is 0. The number of hydrazone groups is 1. The maximum absolute atomic E-state index is 12.5. The summed E-state index contributed by atoms with van der Waals surface area (Å²) in [6.07, 6.45) is 5.28. The molecule has 0 spiro atoms. The van der Waals surface area contributed by atoms with E-state index >= 15 is 0 Å². The van der Waals surface area contributed by atoms with Crippen molar-refractivity contribution in [1.29, 1.82) is 5.41 Å². The number of carbonyl (C=O) groups is 1. The highest BCUT2D eigenvalue weighted by Gasteiger charge is 2.37. The number of piperidine rings is 1. The van der Waals surface area contributed by atoms with Crippen molar-refractivity contribution in [1.82, 2.24) is 9.91 Å². The number of rotatable bonds is 2. The molecule has 1 aromatic carbocycles. The van der Waals surface area contributed by atoms with Crippen LogP contribution in [0.5, 0.6) is 0 Å². The monoisotopic (exact) mass is 381 g/mol. The van der Waals surface area contributed by atoms with Crippen molar-refractivity contribution in [2.45, 2.75) is 39.0 Å². The molecule has 3 aliphatic heterocycles. The van der Waals surface area contributed by atoms with Gasteiger partial charge in [-0.25, -0.2) is 0 Å². The predicted octanol–water partition coefficient (Wildman–Crippen LogP) is 3.87. The standard InChI is InChI=1S/C20H23N5OS/c1-13(2)15-8-6-14(7-9-15)12-16-17(21)25-19(22-18(16)26)27-20(23-25)24-10-4-3-5-11-24/h6-9,12-13,21H,3-5,10-11H2,1-2H3/b16-12+,21-17?. The van der Waals surface area contributed by atoms with E-state index in [-0.39, 0.29) is 17.3 Å². The van der Waals surface area contributed by atoms with Crippen LogP contribution in [0.25, 0.3) is 6.08 Å². The molecule has 0 unspecified atom stereocenters. The number of benzene rings is 1. The lowest BCUT2D eigenvalue weighted by Crippen LogP contribution is -2.35. The Morgan fingerprint density at radius 1 is 1.11 bits per heavy atom. The fourth-order valence-corrected chi connectivity index (χ4v) is 4.28. The molecule has 140 valence electrons. The zero-order valence-electron chi connectivity index (χ0n) is 15.6. The summed E-state index contributed by atoms with van der Waals surface area (Å²) in [5.41, 5.74) is 2.41. The van der Waals surface area contributed by atoms with Gasteiger partial charge in [-0.3, -0.25) is 10.2 Å². The molecule has 1 fully saturated rings. The minimum Gasteiger partial charge on any atom is -0.349 e. The largest absolute Gasteiger partial charge is 0.349 e. The van der Waals surface area contributed by atoms with Crippen molar-refractivity contribution in [2.75, 3.05) is 13.1 Å². The van der Waals surface area contributed by atoms with E-state index in [9.17, 15) is 4.79 Å². The van der Waals surface area contributed by atoms with Crippen LogP contribution in [-0.4, -0.2) is 45.1 Å². The second-order valence-electron chi connectivity index (χ2n) is 7.27. The Morgan fingerprint density at radius 3 is 2.48 bits per heavy atom. The van der Waals surface area contributed by atoms with Gasteiger partial charge in [0.15, 0.2) is 11.0 Å². The van der Waals surface area contributed by atoms with Gasteiger partial charge in [-0.15, -0.1) is 5.10 Å². The summed E-state index contributed by atoms with van der Waals surface area (Å²) in [4.78, 5) is 18.9. The Labute approximate surface area is 163 Å². The number of likely N-dealkylation sites (tertiary alicyclic amines) is 1. The smallest absolute Gasteiger partial charge is 0.283 e. The lowest BCUT2D eigenvalue weighted by Gasteiger charge is -2.26. The van der Waals surface area contributed by atoms with Crippen LogP contribution in [0.2, 0.25) is 0 Å². The van der Waals surface area contributed by atoms with Gasteiger partial charge in [0, 0.05) is 13.1 Å². The van der Waals surface area contributed by atoms with E-state index in [4.69, 9.17) is 5.41 Å². The third kappa shape index (κ3) is 3.56. The van der Waals surface area contributed by atoms with Crippen LogP contribution >= 0.6 is 11.8 Å². The molecule has 0 saturated carbocycles. The number of carbonyl (C=O) groups excluding carboxylic acids is 1. The Morgan fingerprint density at radius 2 is 1.81 bits per heavy atom. The molecule has 7 heteroatoms. The number of aliphatic imine (C=N–C) groups is 1. The van der Waals surface area contributed by atoms with Crippen molar-refractivity contribution in [2.24, 2.45) is 10.1 Å². The lowest BCUT2D eigenvalue weighted by molar-refractivity contribution is -0.114. The van der Waals surface area contributed by atoms with Gasteiger partial charge in [-0.2, -0.15) is 10.0 Å². The molecule has 0 bridgehead atoms. The molecule has 4 rings (SSSR count). The molecule has 0 radical (unpaired) electrons. The van der Waals surface area contributed by atoms with Gasteiger partial charge >= 0.3 is 0 Å². The highest BCUT2D eigenvalue weighted by molar-refractivity contribution is 8.26. The predicted molar refractivity (Wildman–Crippen MR) is 111 cm³/mol. The normalized spacial score (nSPS) is 21.7. The van der Waals surface area contributed by atoms with E-state index in [0.29, 0.717) is 11.1 Å². The first-order chi connectivity index (χ1) is 13.0. The summed E-state index contributed by atoms with van der Waals surface area (Å²) in [5.74, 6) is 0.178. The maximum atomic E-state index is 12.5. The zero-order chi connectivity index (χ0) is 19.0. The van der Waals surface area contributed by atoms with Crippen LogP contribution in [0.1, 0.15) is 50.2 Å². The van der Waals surface area contributed by atoms with E-state index in [1.807, 2.05) is 12.1 Å². The first kappa shape index (κ1) is 18.0. The summed E-state index contributed by atoms with van der Waals surface area (Å²) in [5, 5.41) is 15.9. The van der Waals surface area contributed by atoms with Crippen molar-refractivity contribution in [3.05, 3.63) is 41.0 Å². The maximum Gasteiger partial charge on any atom is 0.283 e. The molecule has 1 amide bonds. The second-order valence-corrected chi connectivity index (χ2v) is 8.21.